The second-order valence-electron chi connectivity index (χ2n) is 3.63. The summed E-state index contributed by atoms with van der Waals surface area (Å²) in [6.07, 6.45) is 0. The van der Waals surface area contributed by atoms with E-state index in [0.717, 1.165) is 17.8 Å². The zero-order chi connectivity index (χ0) is 14.4. The molecule has 0 unspecified atom stereocenters. The molecule has 0 aliphatic rings. The highest BCUT2D eigenvalue weighted by molar-refractivity contribution is 8.00. The van der Waals surface area contributed by atoms with Crippen LogP contribution in [-0.2, 0) is 9.59 Å². The Bertz CT molecular complexity index is 487. The molecule has 0 spiro atoms. The first-order chi connectivity index (χ1) is 8.90. The van der Waals surface area contributed by atoms with Crippen LogP contribution in [-0.4, -0.2) is 34.5 Å². The number of carbonyl (C=O) groups excluding carboxylic acids is 1. The van der Waals surface area contributed by atoms with Crippen molar-refractivity contribution in [2.45, 2.75) is 6.04 Å². The first-order valence-electron chi connectivity index (χ1n) is 5.21. The summed E-state index contributed by atoms with van der Waals surface area (Å²) in [5.41, 5.74) is 5.58. The molecule has 19 heavy (non-hydrogen) atoms. The van der Waals surface area contributed by atoms with Crippen molar-refractivity contribution in [2.75, 3.05) is 16.8 Å². The highest BCUT2D eigenvalue weighted by atomic mass is 35.5. The van der Waals surface area contributed by atoms with Crippen LogP contribution in [0, 0.1) is 5.82 Å². The number of nitrogens with two attached hydrogens (primary N) is 1. The van der Waals surface area contributed by atoms with E-state index in [2.05, 4.69) is 5.32 Å². The lowest BCUT2D eigenvalue weighted by Gasteiger charge is -2.08. The topological polar surface area (TPSA) is 92.4 Å². The van der Waals surface area contributed by atoms with Crippen LogP contribution >= 0.6 is 23.4 Å². The third-order valence-electron chi connectivity index (χ3n) is 2.05. The fraction of sp³-hybridized carbons (Fsp3) is 0.273. The van der Waals surface area contributed by atoms with Crippen molar-refractivity contribution in [3.8, 4) is 0 Å². The molecule has 104 valence electrons. The number of hydrogen-bond acceptors (Lipinski definition) is 4. The Kier molecular flexibility index (Phi) is 6.07. The molecule has 0 heterocycles. The average Bonchev–Trinajstić information content (AvgIpc) is 2.32. The number of carboxylic acids is 1. The molecular formula is C11H12ClFN2O3S. The molecular weight excluding hydrogens is 295 g/mol. The van der Waals surface area contributed by atoms with Gasteiger partial charge in [-0.2, -0.15) is 0 Å². The van der Waals surface area contributed by atoms with Gasteiger partial charge in [0, 0.05) is 5.75 Å². The van der Waals surface area contributed by atoms with Gasteiger partial charge in [0.25, 0.3) is 0 Å². The van der Waals surface area contributed by atoms with Crippen molar-refractivity contribution >= 4 is 40.9 Å². The lowest BCUT2D eigenvalue weighted by Crippen LogP contribution is -2.33. The summed E-state index contributed by atoms with van der Waals surface area (Å²) in [7, 11) is 0. The molecule has 1 atom stereocenters. The first-order valence-corrected chi connectivity index (χ1v) is 6.74. The molecule has 1 aromatic rings. The van der Waals surface area contributed by atoms with E-state index < -0.39 is 17.8 Å². The molecule has 1 amide bonds. The predicted molar refractivity (Wildman–Crippen MR) is 73.0 cm³/mol. The maximum atomic E-state index is 12.8. The molecule has 1 rings (SSSR count). The zero-order valence-corrected chi connectivity index (χ0v) is 11.3. The number of rotatable bonds is 6. The molecule has 5 nitrogen and oxygen atoms in total. The number of hydrogen-bond donors (Lipinski definition) is 3. The Labute approximate surface area is 118 Å². The SMILES string of the molecule is N[C@@H](CSCC(=O)Nc1ccc(F)cc1Cl)C(=O)O. The molecule has 8 heteroatoms. The molecule has 4 N–H and O–H groups in total. The molecule has 0 fully saturated rings. The Morgan fingerprint density at radius 1 is 1.53 bits per heavy atom. The van der Waals surface area contributed by atoms with E-state index >= 15 is 0 Å². The standard InChI is InChI=1S/C11H12ClFN2O3S/c12-7-3-6(13)1-2-9(7)15-10(16)5-19-4-8(14)11(17)18/h1-3,8H,4-5,14H2,(H,15,16)(H,17,18)/t8-/m0/s1. The highest BCUT2D eigenvalue weighted by Crippen LogP contribution is 2.22. The van der Waals surface area contributed by atoms with Crippen molar-refractivity contribution < 1.29 is 19.1 Å². The fourth-order valence-electron chi connectivity index (χ4n) is 1.13. The number of carbonyl (C=O) groups is 2. The van der Waals surface area contributed by atoms with Crippen LogP contribution in [0.3, 0.4) is 0 Å². The van der Waals surface area contributed by atoms with Gasteiger partial charge in [-0.1, -0.05) is 11.6 Å². The molecule has 0 saturated heterocycles. The van der Waals surface area contributed by atoms with Gasteiger partial charge in [-0.05, 0) is 18.2 Å². The first kappa shape index (κ1) is 15.7. The summed E-state index contributed by atoms with van der Waals surface area (Å²) in [6, 6.07) is 2.61. The average molecular weight is 307 g/mol. The second-order valence-corrected chi connectivity index (χ2v) is 5.07. The van der Waals surface area contributed by atoms with Crippen molar-refractivity contribution in [3.63, 3.8) is 0 Å². The van der Waals surface area contributed by atoms with Gasteiger partial charge in [-0.15, -0.1) is 11.8 Å². The van der Waals surface area contributed by atoms with E-state index in [1.807, 2.05) is 0 Å². The van der Waals surface area contributed by atoms with Crippen molar-refractivity contribution in [1.82, 2.24) is 0 Å². The van der Waals surface area contributed by atoms with E-state index in [1.54, 1.807) is 0 Å². The van der Waals surface area contributed by atoms with E-state index in [0.29, 0.717) is 5.69 Å². The van der Waals surface area contributed by atoms with Crippen LogP contribution in [0.5, 0.6) is 0 Å². The van der Waals surface area contributed by atoms with Crippen molar-refractivity contribution in [1.29, 1.82) is 0 Å². The minimum absolute atomic E-state index is 0.0364. The van der Waals surface area contributed by atoms with E-state index in [9.17, 15) is 14.0 Å². The minimum atomic E-state index is -1.12. The van der Waals surface area contributed by atoms with Gasteiger partial charge >= 0.3 is 5.97 Å². The molecule has 0 bridgehead atoms. The normalized spacial score (nSPS) is 11.9. The number of amides is 1. The Hall–Kier alpha value is -1.31. The molecule has 0 radical (unpaired) electrons. The predicted octanol–water partition coefficient (Wildman–Crippen LogP) is 1.56. The van der Waals surface area contributed by atoms with E-state index in [-0.39, 0.29) is 22.4 Å². The summed E-state index contributed by atoms with van der Waals surface area (Å²) >= 11 is 6.83. The molecule has 0 aliphatic carbocycles. The van der Waals surface area contributed by atoms with Crippen molar-refractivity contribution in [3.05, 3.63) is 29.0 Å². The number of aliphatic carboxylic acids is 1. The van der Waals surface area contributed by atoms with Crippen LogP contribution in [0.1, 0.15) is 0 Å². The van der Waals surface area contributed by atoms with Gasteiger partial charge in [0.1, 0.15) is 11.9 Å². The Balaban J connectivity index is 2.41. The van der Waals surface area contributed by atoms with Crippen LogP contribution in [0.2, 0.25) is 5.02 Å². The van der Waals surface area contributed by atoms with Gasteiger partial charge in [0.15, 0.2) is 0 Å². The molecule has 0 aliphatic heterocycles. The largest absolute Gasteiger partial charge is 0.480 e. The maximum absolute atomic E-state index is 12.8. The molecule has 1 aromatic carbocycles. The highest BCUT2D eigenvalue weighted by Gasteiger charge is 2.13. The fourth-order valence-corrected chi connectivity index (χ4v) is 2.11. The maximum Gasteiger partial charge on any atom is 0.321 e. The lowest BCUT2D eigenvalue weighted by atomic mass is 10.3. The lowest BCUT2D eigenvalue weighted by molar-refractivity contribution is -0.137. The minimum Gasteiger partial charge on any atom is -0.480 e. The third-order valence-corrected chi connectivity index (χ3v) is 3.43. The summed E-state index contributed by atoms with van der Waals surface area (Å²) in [6.45, 7) is 0. The van der Waals surface area contributed by atoms with Gasteiger partial charge in [0.05, 0.1) is 16.5 Å². The summed E-state index contributed by atoms with van der Waals surface area (Å²) < 4.78 is 12.8. The van der Waals surface area contributed by atoms with Gasteiger partial charge in [-0.25, -0.2) is 4.39 Å². The van der Waals surface area contributed by atoms with E-state index in [4.69, 9.17) is 22.4 Å². The smallest absolute Gasteiger partial charge is 0.321 e. The molecule has 0 saturated carbocycles. The monoisotopic (exact) mass is 306 g/mol. The number of nitrogens with one attached hydrogen (secondary N) is 1. The summed E-state index contributed by atoms with van der Waals surface area (Å²) in [5, 5.41) is 11.1. The van der Waals surface area contributed by atoms with E-state index in [1.165, 1.54) is 12.1 Å². The third kappa shape index (κ3) is 5.46. The van der Waals surface area contributed by atoms with Crippen LogP contribution < -0.4 is 11.1 Å². The summed E-state index contributed by atoms with van der Waals surface area (Å²) in [4.78, 5) is 22.0. The number of anilines is 1. The van der Waals surface area contributed by atoms with Crippen molar-refractivity contribution in [2.24, 2.45) is 5.73 Å². The number of thioether (sulfide) groups is 1. The van der Waals surface area contributed by atoms with Crippen LogP contribution in [0.15, 0.2) is 18.2 Å². The number of carboxylic acid groups (broad SMARTS) is 1. The Morgan fingerprint density at radius 3 is 2.79 bits per heavy atom. The van der Waals surface area contributed by atoms with Gasteiger partial charge in [0.2, 0.25) is 5.91 Å². The Morgan fingerprint density at radius 2 is 2.21 bits per heavy atom. The summed E-state index contributed by atoms with van der Waals surface area (Å²) in [5.74, 6) is -1.82. The number of benzene rings is 1. The van der Waals surface area contributed by atoms with Gasteiger partial charge < -0.3 is 16.2 Å². The van der Waals surface area contributed by atoms with Gasteiger partial charge in [-0.3, -0.25) is 9.59 Å². The second kappa shape index (κ2) is 7.32. The van der Waals surface area contributed by atoms with Crippen LogP contribution in [0.4, 0.5) is 10.1 Å². The quantitative estimate of drug-likeness (QED) is 0.742. The zero-order valence-electron chi connectivity index (χ0n) is 9.73. The molecule has 0 aromatic heterocycles. The number of halogens is 2. The van der Waals surface area contributed by atoms with Crippen LogP contribution in [0.25, 0.3) is 0 Å².